The van der Waals surface area contributed by atoms with Gasteiger partial charge in [0.2, 0.25) is 11.7 Å². The Balaban J connectivity index is 1.91. The summed E-state index contributed by atoms with van der Waals surface area (Å²) >= 11 is 13.9. The number of hydrogen-bond acceptors (Lipinski definition) is 6. The minimum atomic E-state index is -0.693. The van der Waals surface area contributed by atoms with Gasteiger partial charge < -0.3 is 10.1 Å². The van der Waals surface area contributed by atoms with Crippen LogP contribution in [0.4, 0.5) is 0 Å². The molecule has 2 aromatic heterocycles. The number of halogens is 2. The highest BCUT2D eigenvalue weighted by Crippen LogP contribution is 2.31. The summed E-state index contributed by atoms with van der Waals surface area (Å²) in [7, 11) is 0. The average molecular weight is 392 g/mol. The van der Waals surface area contributed by atoms with E-state index in [1.54, 1.807) is 12.1 Å². The highest BCUT2D eigenvalue weighted by molar-refractivity contribution is 7.20. The Kier molecular flexibility index (Phi) is 6.17. The Morgan fingerprint density at radius 1 is 1.22 bits per heavy atom. The van der Waals surface area contributed by atoms with Crippen molar-refractivity contribution < 1.29 is 19.1 Å². The van der Waals surface area contributed by atoms with Gasteiger partial charge in [-0.2, -0.15) is 0 Å². The van der Waals surface area contributed by atoms with E-state index >= 15 is 0 Å². The Bertz CT molecular complexity index is 754. The maximum atomic E-state index is 12.0. The smallest absolute Gasteiger partial charge is 0.341 e. The Hall–Kier alpha value is -1.41. The number of nitrogens with one attached hydrogen (secondary N) is 1. The van der Waals surface area contributed by atoms with Crippen LogP contribution in [0.2, 0.25) is 8.67 Å². The Morgan fingerprint density at radius 3 is 2.57 bits per heavy atom. The van der Waals surface area contributed by atoms with Crippen LogP contribution < -0.4 is 5.32 Å². The molecule has 0 aliphatic heterocycles. The molecule has 1 amide bonds. The van der Waals surface area contributed by atoms with Crippen LogP contribution in [0.25, 0.3) is 0 Å². The quantitative estimate of drug-likeness (QED) is 0.600. The van der Waals surface area contributed by atoms with E-state index in [2.05, 4.69) is 5.32 Å². The molecule has 0 spiro atoms. The number of carbonyl (C=O) groups excluding carboxylic acids is 3. The fraction of sp³-hybridized carbons (Fsp3) is 0.214. The van der Waals surface area contributed by atoms with Gasteiger partial charge in [0.05, 0.1) is 21.3 Å². The molecule has 0 saturated heterocycles. The lowest BCUT2D eigenvalue weighted by atomic mass is 10.3. The molecule has 2 rings (SSSR count). The van der Waals surface area contributed by atoms with Crippen LogP contribution in [0, 0.1) is 0 Å². The molecule has 0 saturated carbocycles. The van der Waals surface area contributed by atoms with Crippen LogP contribution in [0.5, 0.6) is 0 Å². The van der Waals surface area contributed by atoms with Gasteiger partial charge in [-0.05, 0) is 18.2 Å². The van der Waals surface area contributed by atoms with Crippen LogP contribution in [-0.4, -0.2) is 24.3 Å². The summed E-state index contributed by atoms with van der Waals surface area (Å²) in [6.07, 6.45) is 0. The molecule has 0 atom stereocenters. The van der Waals surface area contributed by atoms with Crippen molar-refractivity contribution in [3.8, 4) is 0 Å². The van der Waals surface area contributed by atoms with Gasteiger partial charge >= 0.3 is 5.97 Å². The first-order chi connectivity index (χ1) is 10.9. The molecule has 2 aromatic rings. The van der Waals surface area contributed by atoms with Crippen molar-refractivity contribution in [2.75, 3.05) is 6.61 Å². The van der Waals surface area contributed by atoms with Crippen molar-refractivity contribution in [2.45, 2.75) is 13.5 Å². The first-order valence-corrected chi connectivity index (χ1v) is 8.74. The maximum Gasteiger partial charge on any atom is 0.341 e. The molecule has 0 aliphatic rings. The number of esters is 1. The largest absolute Gasteiger partial charge is 0.454 e. The molecular formula is C14H11Cl2NO4S2. The van der Waals surface area contributed by atoms with E-state index in [0.717, 1.165) is 16.2 Å². The predicted molar refractivity (Wildman–Crippen MR) is 90.8 cm³/mol. The summed E-state index contributed by atoms with van der Waals surface area (Å²) in [6.45, 7) is 1.39. The van der Waals surface area contributed by atoms with E-state index < -0.39 is 5.97 Å². The summed E-state index contributed by atoms with van der Waals surface area (Å²) in [5.74, 6) is -1.16. The molecule has 23 heavy (non-hydrogen) atoms. The van der Waals surface area contributed by atoms with Crippen molar-refractivity contribution >= 4 is 63.5 Å². The number of ether oxygens (including phenoxy) is 1. The first-order valence-electron chi connectivity index (χ1n) is 6.35. The predicted octanol–water partition coefficient (Wildman–Crippen LogP) is 3.79. The second kappa shape index (κ2) is 7.92. The van der Waals surface area contributed by atoms with E-state index in [-0.39, 0.29) is 28.2 Å². The SMILES string of the molecule is CC(=O)NCc1ccc(C(=O)COC(=O)c2cc(Cl)sc2Cl)s1. The van der Waals surface area contributed by atoms with Crippen molar-refractivity contribution in [1.29, 1.82) is 0 Å². The fourth-order valence-corrected chi connectivity index (χ4v) is 3.91. The minimum Gasteiger partial charge on any atom is -0.454 e. The molecule has 9 heteroatoms. The van der Waals surface area contributed by atoms with Gasteiger partial charge in [-0.15, -0.1) is 22.7 Å². The van der Waals surface area contributed by atoms with E-state index in [4.69, 9.17) is 27.9 Å². The van der Waals surface area contributed by atoms with Crippen LogP contribution >= 0.6 is 45.9 Å². The summed E-state index contributed by atoms with van der Waals surface area (Å²) in [5.41, 5.74) is 0.145. The van der Waals surface area contributed by atoms with Crippen molar-refractivity contribution in [3.63, 3.8) is 0 Å². The van der Waals surface area contributed by atoms with Gasteiger partial charge in [0.1, 0.15) is 4.34 Å². The van der Waals surface area contributed by atoms with Gasteiger partial charge in [0.15, 0.2) is 6.61 Å². The van der Waals surface area contributed by atoms with Crippen LogP contribution in [0.3, 0.4) is 0 Å². The zero-order valence-electron chi connectivity index (χ0n) is 11.9. The Morgan fingerprint density at radius 2 is 1.96 bits per heavy atom. The first kappa shape index (κ1) is 17.9. The van der Waals surface area contributed by atoms with E-state index in [9.17, 15) is 14.4 Å². The molecule has 0 bridgehead atoms. The number of hydrogen-bond donors (Lipinski definition) is 1. The topological polar surface area (TPSA) is 72.5 Å². The van der Waals surface area contributed by atoms with Gasteiger partial charge in [0, 0.05) is 11.8 Å². The number of ketones is 1. The molecular weight excluding hydrogens is 381 g/mol. The fourth-order valence-electron chi connectivity index (χ4n) is 1.59. The summed E-state index contributed by atoms with van der Waals surface area (Å²) in [4.78, 5) is 36.0. The van der Waals surface area contributed by atoms with Gasteiger partial charge in [-0.1, -0.05) is 23.2 Å². The maximum absolute atomic E-state index is 12.0. The monoisotopic (exact) mass is 391 g/mol. The number of Topliss-reactive ketones (excluding diaryl/α,β-unsaturated/α-hetero) is 1. The lowest BCUT2D eigenvalue weighted by Gasteiger charge is -2.02. The molecule has 0 fully saturated rings. The van der Waals surface area contributed by atoms with Gasteiger partial charge in [-0.3, -0.25) is 9.59 Å². The normalized spacial score (nSPS) is 10.4. The summed E-state index contributed by atoms with van der Waals surface area (Å²) < 4.78 is 5.55. The van der Waals surface area contributed by atoms with Gasteiger partial charge in [0.25, 0.3) is 0 Å². The zero-order valence-corrected chi connectivity index (χ0v) is 15.0. The highest BCUT2D eigenvalue weighted by atomic mass is 35.5. The molecule has 0 aliphatic carbocycles. The van der Waals surface area contributed by atoms with Crippen molar-refractivity contribution in [3.05, 3.63) is 42.2 Å². The van der Waals surface area contributed by atoms with Crippen LogP contribution in [0.1, 0.15) is 31.8 Å². The molecule has 0 aromatic carbocycles. The molecule has 0 radical (unpaired) electrons. The number of thiophene rings is 2. The van der Waals surface area contributed by atoms with E-state index in [0.29, 0.717) is 15.8 Å². The second-order valence-corrected chi connectivity index (χ2v) is 7.87. The highest BCUT2D eigenvalue weighted by Gasteiger charge is 2.18. The molecule has 122 valence electrons. The van der Waals surface area contributed by atoms with Crippen LogP contribution in [0.15, 0.2) is 18.2 Å². The zero-order chi connectivity index (χ0) is 17.0. The third-order valence-electron chi connectivity index (χ3n) is 2.66. The number of rotatable bonds is 6. The summed E-state index contributed by atoms with van der Waals surface area (Å²) in [5, 5.41) is 2.64. The lowest BCUT2D eigenvalue weighted by molar-refractivity contribution is -0.119. The minimum absolute atomic E-state index is 0.145. The van der Waals surface area contributed by atoms with Crippen molar-refractivity contribution in [1.82, 2.24) is 5.32 Å². The molecule has 1 N–H and O–H groups in total. The molecule has 0 unspecified atom stereocenters. The molecule has 5 nitrogen and oxygen atoms in total. The van der Waals surface area contributed by atoms with E-state index in [1.807, 2.05) is 0 Å². The average Bonchev–Trinajstić information content (AvgIpc) is 3.08. The Labute approximate surface area is 150 Å². The lowest BCUT2D eigenvalue weighted by Crippen LogP contribution is -2.18. The molecule has 2 heterocycles. The second-order valence-electron chi connectivity index (χ2n) is 4.41. The third kappa shape index (κ3) is 5.04. The van der Waals surface area contributed by atoms with Crippen molar-refractivity contribution in [2.24, 2.45) is 0 Å². The third-order valence-corrected chi connectivity index (χ3v) is 5.27. The van der Waals surface area contributed by atoms with E-state index in [1.165, 1.54) is 24.3 Å². The number of carbonyl (C=O) groups is 3. The van der Waals surface area contributed by atoms with Gasteiger partial charge in [-0.25, -0.2) is 4.79 Å². The standard InChI is InChI=1S/C14H11Cl2NO4S2/c1-7(18)17-5-8-2-3-11(22-8)10(19)6-21-14(20)9-4-12(15)23-13(9)16/h2-4H,5-6H2,1H3,(H,17,18). The van der Waals surface area contributed by atoms with Crippen LogP contribution in [-0.2, 0) is 16.1 Å². The number of amides is 1. The summed E-state index contributed by atoms with van der Waals surface area (Å²) in [6, 6.07) is 4.77.